The molecule has 3 aliphatic rings. The predicted molar refractivity (Wildman–Crippen MR) is 103 cm³/mol. The highest BCUT2D eigenvalue weighted by atomic mass is 19.4. The smallest absolute Gasteiger partial charge is 0.353 e. The molecule has 10 heteroatoms. The van der Waals surface area contributed by atoms with Gasteiger partial charge in [-0.3, -0.25) is 9.59 Å². The van der Waals surface area contributed by atoms with Crippen LogP contribution in [0.25, 0.3) is 0 Å². The molecule has 3 fully saturated rings. The van der Waals surface area contributed by atoms with Crippen molar-refractivity contribution in [2.24, 2.45) is 11.8 Å². The lowest BCUT2D eigenvalue weighted by molar-refractivity contribution is -0.199. The number of carbonyl (C=O) groups excluding carboxylic acids is 2. The van der Waals surface area contributed by atoms with Crippen LogP contribution in [0.2, 0.25) is 0 Å². The largest absolute Gasteiger partial charge is 0.416 e. The minimum Gasteiger partial charge on any atom is -0.353 e. The zero-order valence-electron chi connectivity index (χ0n) is 17.8. The van der Waals surface area contributed by atoms with Gasteiger partial charge in [0.15, 0.2) is 0 Å². The Bertz CT molecular complexity index is 902. The zero-order chi connectivity index (χ0) is 23.5. The summed E-state index contributed by atoms with van der Waals surface area (Å²) in [7, 11) is 0. The molecular formula is C22H25F5N2O3. The summed E-state index contributed by atoms with van der Waals surface area (Å²) in [6, 6.07) is 2.28. The van der Waals surface area contributed by atoms with Crippen molar-refractivity contribution in [3.8, 4) is 0 Å². The summed E-state index contributed by atoms with van der Waals surface area (Å²) < 4.78 is 74.1. The number of halogens is 5. The van der Waals surface area contributed by atoms with Gasteiger partial charge in [-0.05, 0) is 24.5 Å². The summed E-state index contributed by atoms with van der Waals surface area (Å²) in [5, 5.41) is 0. The monoisotopic (exact) mass is 460 g/mol. The van der Waals surface area contributed by atoms with E-state index in [-0.39, 0.29) is 49.7 Å². The van der Waals surface area contributed by atoms with Crippen LogP contribution in [0.4, 0.5) is 22.0 Å². The van der Waals surface area contributed by atoms with Crippen molar-refractivity contribution in [2.45, 2.75) is 57.0 Å². The third-order valence-corrected chi connectivity index (χ3v) is 6.94. The van der Waals surface area contributed by atoms with Gasteiger partial charge in [-0.25, -0.2) is 0 Å². The number of carbonyl (C=O) groups is 2. The number of amides is 2. The van der Waals surface area contributed by atoms with Crippen LogP contribution in [0.1, 0.15) is 44.2 Å². The molecule has 0 aromatic heterocycles. The van der Waals surface area contributed by atoms with E-state index in [0.29, 0.717) is 37.3 Å². The minimum atomic E-state index is -4.65. The zero-order valence-corrected chi connectivity index (χ0v) is 17.8. The van der Waals surface area contributed by atoms with E-state index in [9.17, 15) is 31.5 Å². The van der Waals surface area contributed by atoms with E-state index in [1.54, 1.807) is 4.90 Å². The molecule has 0 aliphatic carbocycles. The second-order valence-corrected chi connectivity index (χ2v) is 9.12. The van der Waals surface area contributed by atoms with Gasteiger partial charge < -0.3 is 14.5 Å². The first-order valence-corrected chi connectivity index (χ1v) is 10.7. The van der Waals surface area contributed by atoms with Gasteiger partial charge in [0.25, 0.3) is 5.91 Å². The van der Waals surface area contributed by atoms with Gasteiger partial charge in [0.2, 0.25) is 5.91 Å². The standard InChI is InChI=1S/C22H25F5N2O3/c1-13(2)17-12-32-20-9-10-28(11-16(20)7-8-18(30)29(17)20)19(31)21(23,24)14-3-5-15(6-4-14)22(25,26)27/h3-6,13,16-17H,7-12H2,1-2H3/t16-,17-,20-/m1/s1. The fraction of sp³-hybridized carbons (Fsp3) is 0.636. The van der Waals surface area contributed by atoms with Gasteiger partial charge in [-0.15, -0.1) is 0 Å². The van der Waals surface area contributed by atoms with E-state index in [1.807, 2.05) is 13.8 Å². The van der Waals surface area contributed by atoms with Gasteiger partial charge in [0.05, 0.1) is 18.2 Å². The summed E-state index contributed by atoms with van der Waals surface area (Å²) in [5.74, 6) is -5.57. The Morgan fingerprint density at radius 3 is 2.34 bits per heavy atom. The van der Waals surface area contributed by atoms with Crippen molar-refractivity contribution >= 4 is 11.8 Å². The average Bonchev–Trinajstić information content (AvgIpc) is 3.13. The van der Waals surface area contributed by atoms with Gasteiger partial charge in [-0.1, -0.05) is 26.0 Å². The SMILES string of the molecule is CC(C)[C@H]1CO[C@]23CCN(C(=O)C(F)(F)c4ccc(C(F)(F)F)cc4)C[C@H]2CCC(=O)N13. The molecule has 0 bridgehead atoms. The topological polar surface area (TPSA) is 49.9 Å². The summed E-state index contributed by atoms with van der Waals surface area (Å²) in [4.78, 5) is 28.2. The quantitative estimate of drug-likeness (QED) is 0.641. The Morgan fingerprint density at radius 2 is 1.75 bits per heavy atom. The van der Waals surface area contributed by atoms with Crippen molar-refractivity contribution in [2.75, 3.05) is 19.7 Å². The van der Waals surface area contributed by atoms with E-state index in [4.69, 9.17) is 4.74 Å². The van der Waals surface area contributed by atoms with Crippen LogP contribution in [0, 0.1) is 11.8 Å². The molecule has 0 N–H and O–H groups in total. The number of alkyl halides is 5. The summed E-state index contributed by atoms with van der Waals surface area (Å²) in [5.41, 5.74) is -2.73. The van der Waals surface area contributed by atoms with Crippen LogP contribution in [0.15, 0.2) is 24.3 Å². The molecule has 1 aromatic carbocycles. The second kappa shape index (κ2) is 7.67. The van der Waals surface area contributed by atoms with E-state index in [1.165, 1.54) is 0 Å². The lowest BCUT2D eigenvalue weighted by Crippen LogP contribution is -2.66. The highest BCUT2D eigenvalue weighted by Gasteiger charge is 2.60. The lowest BCUT2D eigenvalue weighted by Gasteiger charge is -2.53. The van der Waals surface area contributed by atoms with Gasteiger partial charge >= 0.3 is 12.1 Å². The highest BCUT2D eigenvalue weighted by molar-refractivity contribution is 5.85. The molecule has 1 spiro atoms. The van der Waals surface area contributed by atoms with Crippen LogP contribution >= 0.6 is 0 Å². The first-order chi connectivity index (χ1) is 14.9. The third kappa shape index (κ3) is 3.56. The molecule has 3 atom stereocenters. The molecule has 0 radical (unpaired) electrons. The molecule has 1 aromatic rings. The Balaban J connectivity index is 1.53. The van der Waals surface area contributed by atoms with Crippen LogP contribution in [-0.4, -0.2) is 53.1 Å². The molecule has 5 nitrogen and oxygen atoms in total. The van der Waals surface area contributed by atoms with Gasteiger partial charge in [-0.2, -0.15) is 22.0 Å². The number of hydrogen-bond donors (Lipinski definition) is 0. The molecular weight excluding hydrogens is 435 g/mol. The van der Waals surface area contributed by atoms with E-state index in [2.05, 4.69) is 0 Å². The molecule has 176 valence electrons. The van der Waals surface area contributed by atoms with Crippen LogP contribution < -0.4 is 0 Å². The Kier molecular flexibility index (Phi) is 5.50. The molecule has 32 heavy (non-hydrogen) atoms. The minimum absolute atomic E-state index is 0.00362. The number of nitrogens with zero attached hydrogens (tertiary/aromatic N) is 2. The van der Waals surface area contributed by atoms with Gasteiger partial charge in [0, 0.05) is 37.4 Å². The van der Waals surface area contributed by atoms with Crippen molar-refractivity contribution < 1.29 is 36.3 Å². The third-order valence-electron chi connectivity index (χ3n) is 6.94. The first-order valence-electron chi connectivity index (χ1n) is 10.7. The summed E-state index contributed by atoms with van der Waals surface area (Å²) in [6.07, 6.45) is -3.74. The molecule has 3 heterocycles. The number of benzene rings is 1. The van der Waals surface area contributed by atoms with Gasteiger partial charge in [0.1, 0.15) is 5.72 Å². The number of rotatable bonds is 3. The molecule has 2 amide bonds. The maximum atomic E-state index is 14.9. The van der Waals surface area contributed by atoms with Crippen molar-refractivity contribution in [1.29, 1.82) is 0 Å². The Labute approximate surface area is 182 Å². The predicted octanol–water partition coefficient (Wildman–Crippen LogP) is 4.02. The van der Waals surface area contributed by atoms with Crippen molar-refractivity contribution in [3.63, 3.8) is 0 Å². The highest BCUT2D eigenvalue weighted by Crippen LogP contribution is 2.48. The van der Waals surface area contributed by atoms with E-state index < -0.39 is 34.9 Å². The lowest BCUT2D eigenvalue weighted by atomic mass is 9.79. The number of ether oxygens (including phenoxy) is 1. The van der Waals surface area contributed by atoms with Crippen molar-refractivity contribution in [1.82, 2.24) is 9.80 Å². The second-order valence-electron chi connectivity index (χ2n) is 9.12. The van der Waals surface area contributed by atoms with Crippen LogP contribution in [-0.2, 0) is 26.4 Å². The molecule has 0 saturated carbocycles. The van der Waals surface area contributed by atoms with Crippen molar-refractivity contribution in [3.05, 3.63) is 35.4 Å². The number of hydrogen-bond acceptors (Lipinski definition) is 3. The summed E-state index contributed by atoms with van der Waals surface area (Å²) >= 11 is 0. The first kappa shape index (κ1) is 22.9. The summed E-state index contributed by atoms with van der Waals surface area (Å²) in [6.45, 7) is 4.33. The average molecular weight is 460 g/mol. The number of likely N-dealkylation sites (tertiary alicyclic amines) is 1. The maximum absolute atomic E-state index is 14.9. The fourth-order valence-corrected chi connectivity index (χ4v) is 5.16. The van der Waals surface area contributed by atoms with Crippen LogP contribution in [0.5, 0.6) is 0 Å². The maximum Gasteiger partial charge on any atom is 0.416 e. The normalized spacial score (nSPS) is 28.7. The Morgan fingerprint density at radius 1 is 1.12 bits per heavy atom. The molecule has 0 unspecified atom stereocenters. The molecule has 4 rings (SSSR count). The Hall–Kier alpha value is -2.23. The van der Waals surface area contributed by atoms with Crippen LogP contribution in [0.3, 0.4) is 0 Å². The fourth-order valence-electron chi connectivity index (χ4n) is 5.16. The number of piperidine rings is 2. The molecule has 3 saturated heterocycles. The molecule has 3 aliphatic heterocycles. The van der Waals surface area contributed by atoms with E-state index in [0.717, 1.165) is 4.90 Å². The van der Waals surface area contributed by atoms with E-state index >= 15 is 0 Å².